The van der Waals surface area contributed by atoms with E-state index in [1.54, 1.807) is 0 Å². The van der Waals surface area contributed by atoms with Crippen LogP contribution in [0.4, 0.5) is 8.78 Å². The molecule has 0 aliphatic heterocycles. The molecule has 0 N–H and O–H groups in total. The summed E-state index contributed by atoms with van der Waals surface area (Å²) in [6.45, 7) is 0. The highest BCUT2D eigenvalue weighted by Crippen LogP contribution is 2.21. The van der Waals surface area contributed by atoms with E-state index in [1.807, 2.05) is 30.3 Å². The summed E-state index contributed by atoms with van der Waals surface area (Å²) < 4.78 is 27.3. The van der Waals surface area contributed by atoms with Gasteiger partial charge in [-0.2, -0.15) is 0 Å². The van der Waals surface area contributed by atoms with Gasteiger partial charge in [0.15, 0.2) is 0 Å². The Balaban J connectivity index is 2.11. The maximum Gasteiger partial charge on any atom is 0.129 e. The van der Waals surface area contributed by atoms with Crippen LogP contribution in [0.2, 0.25) is 0 Å². The molecule has 0 radical (unpaired) electrons. The standard InChI is InChI=1S/C16H15BrF2/c17-11-13(9-12-5-2-1-3-6-12)10-14-15(18)7-4-8-16(14)19/h1-8,13H,9-11H2. The van der Waals surface area contributed by atoms with Gasteiger partial charge >= 0.3 is 0 Å². The Morgan fingerprint density at radius 1 is 0.842 bits per heavy atom. The van der Waals surface area contributed by atoms with E-state index < -0.39 is 11.6 Å². The van der Waals surface area contributed by atoms with Gasteiger partial charge in [-0.1, -0.05) is 52.3 Å². The van der Waals surface area contributed by atoms with Crippen molar-refractivity contribution in [1.29, 1.82) is 0 Å². The molecular weight excluding hydrogens is 310 g/mol. The topological polar surface area (TPSA) is 0 Å². The molecule has 0 bridgehead atoms. The molecular formula is C16H15BrF2. The van der Waals surface area contributed by atoms with Gasteiger partial charge in [-0.05, 0) is 36.5 Å². The van der Waals surface area contributed by atoms with Gasteiger partial charge in [-0.15, -0.1) is 0 Å². The summed E-state index contributed by atoms with van der Waals surface area (Å²) in [7, 11) is 0. The summed E-state index contributed by atoms with van der Waals surface area (Å²) in [6, 6.07) is 14.0. The molecule has 0 aromatic heterocycles. The van der Waals surface area contributed by atoms with Crippen LogP contribution < -0.4 is 0 Å². The van der Waals surface area contributed by atoms with Crippen LogP contribution >= 0.6 is 15.9 Å². The van der Waals surface area contributed by atoms with Crippen molar-refractivity contribution in [2.45, 2.75) is 12.8 Å². The van der Waals surface area contributed by atoms with Gasteiger partial charge in [0, 0.05) is 10.9 Å². The fourth-order valence-corrected chi connectivity index (χ4v) is 2.60. The van der Waals surface area contributed by atoms with Crippen LogP contribution in [0, 0.1) is 17.6 Å². The highest BCUT2D eigenvalue weighted by molar-refractivity contribution is 9.09. The number of rotatable bonds is 5. The number of hydrogen-bond acceptors (Lipinski definition) is 0. The lowest BCUT2D eigenvalue weighted by atomic mass is 9.94. The Labute approximate surface area is 120 Å². The average molecular weight is 325 g/mol. The largest absolute Gasteiger partial charge is 0.207 e. The second-order valence-corrected chi connectivity index (χ2v) is 5.26. The van der Waals surface area contributed by atoms with Crippen molar-refractivity contribution in [1.82, 2.24) is 0 Å². The van der Waals surface area contributed by atoms with Crippen molar-refractivity contribution >= 4 is 15.9 Å². The maximum atomic E-state index is 13.6. The van der Waals surface area contributed by atoms with Crippen LogP contribution in [0.25, 0.3) is 0 Å². The van der Waals surface area contributed by atoms with E-state index >= 15 is 0 Å². The van der Waals surface area contributed by atoms with Crippen molar-refractivity contribution in [2.24, 2.45) is 5.92 Å². The highest BCUT2D eigenvalue weighted by atomic mass is 79.9. The SMILES string of the molecule is Fc1cccc(F)c1CC(CBr)Cc1ccccc1. The van der Waals surface area contributed by atoms with Crippen molar-refractivity contribution in [3.05, 3.63) is 71.3 Å². The van der Waals surface area contributed by atoms with Crippen molar-refractivity contribution in [2.75, 3.05) is 5.33 Å². The van der Waals surface area contributed by atoms with Gasteiger partial charge < -0.3 is 0 Å². The number of alkyl halides is 1. The zero-order valence-electron chi connectivity index (χ0n) is 10.5. The summed E-state index contributed by atoms with van der Waals surface area (Å²) in [4.78, 5) is 0. The van der Waals surface area contributed by atoms with E-state index in [0.717, 1.165) is 11.8 Å². The monoisotopic (exact) mass is 324 g/mol. The Hall–Kier alpha value is -1.22. The van der Waals surface area contributed by atoms with Crippen LogP contribution in [0.3, 0.4) is 0 Å². The molecule has 0 fully saturated rings. The summed E-state index contributed by atoms with van der Waals surface area (Å²) >= 11 is 3.44. The third-order valence-corrected chi connectivity index (χ3v) is 4.06. The number of hydrogen-bond donors (Lipinski definition) is 0. The lowest BCUT2D eigenvalue weighted by Crippen LogP contribution is -2.12. The smallest absolute Gasteiger partial charge is 0.129 e. The van der Waals surface area contributed by atoms with Gasteiger partial charge in [0.25, 0.3) is 0 Å². The van der Waals surface area contributed by atoms with Crippen molar-refractivity contribution in [3.63, 3.8) is 0 Å². The van der Waals surface area contributed by atoms with E-state index in [0.29, 0.717) is 6.42 Å². The van der Waals surface area contributed by atoms with Crippen LogP contribution in [0.1, 0.15) is 11.1 Å². The molecule has 0 aliphatic carbocycles. The lowest BCUT2D eigenvalue weighted by Gasteiger charge is -2.15. The summed E-state index contributed by atoms with van der Waals surface area (Å²) in [5.41, 5.74) is 1.37. The van der Waals surface area contributed by atoms with E-state index in [2.05, 4.69) is 15.9 Å². The molecule has 0 saturated heterocycles. The molecule has 0 saturated carbocycles. The van der Waals surface area contributed by atoms with Crippen LogP contribution in [0.15, 0.2) is 48.5 Å². The minimum Gasteiger partial charge on any atom is -0.207 e. The molecule has 1 unspecified atom stereocenters. The van der Waals surface area contributed by atoms with E-state index in [-0.39, 0.29) is 11.5 Å². The molecule has 3 heteroatoms. The zero-order valence-corrected chi connectivity index (χ0v) is 12.0. The maximum absolute atomic E-state index is 13.6. The summed E-state index contributed by atoms with van der Waals surface area (Å²) in [5, 5.41) is 0.718. The van der Waals surface area contributed by atoms with Gasteiger partial charge in [0.2, 0.25) is 0 Å². The Morgan fingerprint density at radius 3 is 2.05 bits per heavy atom. The number of benzene rings is 2. The molecule has 0 heterocycles. The van der Waals surface area contributed by atoms with Gasteiger partial charge in [0.1, 0.15) is 11.6 Å². The Morgan fingerprint density at radius 2 is 1.47 bits per heavy atom. The Bertz CT molecular complexity index is 505. The summed E-state index contributed by atoms with van der Waals surface area (Å²) in [5.74, 6) is -0.744. The van der Waals surface area contributed by atoms with E-state index in [1.165, 1.54) is 23.8 Å². The predicted molar refractivity (Wildman–Crippen MR) is 77.5 cm³/mol. The van der Waals surface area contributed by atoms with E-state index in [4.69, 9.17) is 0 Å². The van der Waals surface area contributed by atoms with Gasteiger partial charge in [0.05, 0.1) is 0 Å². The molecule has 0 nitrogen and oxygen atoms in total. The first-order valence-corrected chi connectivity index (χ1v) is 7.35. The Kier molecular flexibility index (Phi) is 5.08. The molecule has 2 aromatic rings. The lowest BCUT2D eigenvalue weighted by molar-refractivity contribution is 0.510. The normalized spacial score (nSPS) is 12.4. The quantitative estimate of drug-likeness (QED) is 0.695. The molecule has 0 aliphatic rings. The minimum absolute atomic E-state index is 0.175. The summed E-state index contributed by atoms with van der Waals surface area (Å²) in [6.07, 6.45) is 1.21. The first-order valence-electron chi connectivity index (χ1n) is 6.23. The van der Waals surface area contributed by atoms with Crippen molar-refractivity contribution in [3.8, 4) is 0 Å². The molecule has 0 amide bonds. The highest BCUT2D eigenvalue weighted by Gasteiger charge is 2.15. The molecule has 19 heavy (non-hydrogen) atoms. The second-order valence-electron chi connectivity index (χ2n) is 4.61. The fourth-order valence-electron chi connectivity index (χ4n) is 2.14. The first-order chi connectivity index (χ1) is 9.20. The van der Waals surface area contributed by atoms with Crippen LogP contribution in [-0.4, -0.2) is 5.33 Å². The van der Waals surface area contributed by atoms with Crippen LogP contribution in [0.5, 0.6) is 0 Å². The van der Waals surface area contributed by atoms with Crippen LogP contribution in [-0.2, 0) is 12.8 Å². The molecule has 2 rings (SSSR count). The third kappa shape index (κ3) is 3.87. The molecule has 1 atom stereocenters. The molecule has 2 aromatic carbocycles. The van der Waals surface area contributed by atoms with E-state index in [9.17, 15) is 8.78 Å². The number of halogens is 3. The minimum atomic E-state index is -0.459. The third-order valence-electron chi connectivity index (χ3n) is 3.14. The molecule has 0 spiro atoms. The second kappa shape index (κ2) is 6.80. The van der Waals surface area contributed by atoms with Gasteiger partial charge in [-0.25, -0.2) is 8.78 Å². The molecule has 100 valence electrons. The first kappa shape index (κ1) is 14.2. The average Bonchev–Trinajstić information content (AvgIpc) is 2.43. The predicted octanol–water partition coefficient (Wildman–Crippen LogP) is 4.76. The van der Waals surface area contributed by atoms with Gasteiger partial charge in [-0.3, -0.25) is 0 Å². The fraction of sp³-hybridized carbons (Fsp3) is 0.250. The zero-order chi connectivity index (χ0) is 13.7. The van der Waals surface area contributed by atoms with Crippen molar-refractivity contribution < 1.29 is 8.78 Å².